The van der Waals surface area contributed by atoms with Crippen molar-refractivity contribution in [2.75, 3.05) is 26.3 Å². The lowest BCUT2D eigenvalue weighted by Gasteiger charge is -2.12. The van der Waals surface area contributed by atoms with Gasteiger partial charge in [0.05, 0.1) is 0 Å². The van der Waals surface area contributed by atoms with E-state index in [1.807, 2.05) is 0 Å². The summed E-state index contributed by atoms with van der Waals surface area (Å²) in [5, 5.41) is 3.49. The smallest absolute Gasteiger partial charge is 0.0494 e. The van der Waals surface area contributed by atoms with Crippen molar-refractivity contribution in [3.8, 4) is 0 Å². The zero-order valence-corrected chi connectivity index (χ0v) is 13.1. The van der Waals surface area contributed by atoms with Gasteiger partial charge in [-0.3, -0.25) is 0 Å². The molecule has 0 atom stereocenters. The molecule has 0 aliphatic heterocycles. The Bertz CT molecular complexity index is 155. The highest BCUT2D eigenvalue weighted by molar-refractivity contribution is 4.53. The van der Waals surface area contributed by atoms with Gasteiger partial charge in [0.25, 0.3) is 0 Å². The van der Waals surface area contributed by atoms with E-state index in [0.717, 1.165) is 31.6 Å². The maximum absolute atomic E-state index is 5.72. The lowest BCUT2D eigenvalue weighted by atomic mass is 10.1. The molecule has 0 aromatic rings. The van der Waals surface area contributed by atoms with E-state index in [1.54, 1.807) is 0 Å². The number of rotatable bonds is 13. The van der Waals surface area contributed by atoms with Crippen molar-refractivity contribution in [3.05, 3.63) is 0 Å². The van der Waals surface area contributed by atoms with Gasteiger partial charge in [0.1, 0.15) is 0 Å². The minimum atomic E-state index is 0.767. The van der Waals surface area contributed by atoms with Gasteiger partial charge in [-0.2, -0.15) is 0 Å². The zero-order chi connectivity index (χ0) is 13.6. The van der Waals surface area contributed by atoms with E-state index in [2.05, 4.69) is 33.0 Å². The molecule has 0 saturated carbocycles. The summed E-state index contributed by atoms with van der Waals surface area (Å²) in [7, 11) is 0. The van der Waals surface area contributed by atoms with Gasteiger partial charge in [0.2, 0.25) is 0 Å². The number of hydrogen-bond donors (Lipinski definition) is 1. The minimum Gasteiger partial charge on any atom is -0.381 e. The summed E-state index contributed by atoms with van der Waals surface area (Å²) in [6.07, 6.45) is 7.67. The van der Waals surface area contributed by atoms with Crippen LogP contribution in [0.15, 0.2) is 0 Å². The molecule has 18 heavy (non-hydrogen) atoms. The molecule has 0 bridgehead atoms. The molecule has 1 N–H and O–H groups in total. The molecule has 2 heteroatoms. The van der Waals surface area contributed by atoms with Gasteiger partial charge in [-0.25, -0.2) is 0 Å². The maximum atomic E-state index is 5.72. The molecule has 0 amide bonds. The van der Waals surface area contributed by atoms with Crippen molar-refractivity contribution in [1.29, 1.82) is 0 Å². The number of hydrogen-bond acceptors (Lipinski definition) is 2. The Balaban J connectivity index is 3.07. The Morgan fingerprint density at radius 3 is 2.22 bits per heavy atom. The fourth-order valence-electron chi connectivity index (χ4n) is 1.97. The first kappa shape index (κ1) is 17.9. The van der Waals surface area contributed by atoms with Crippen LogP contribution in [0.3, 0.4) is 0 Å². The van der Waals surface area contributed by atoms with Crippen LogP contribution in [-0.4, -0.2) is 26.3 Å². The molecule has 0 fully saturated rings. The van der Waals surface area contributed by atoms with Crippen molar-refractivity contribution in [2.45, 2.75) is 66.2 Å². The first-order valence-corrected chi connectivity index (χ1v) is 7.99. The lowest BCUT2D eigenvalue weighted by Crippen LogP contribution is -2.20. The van der Waals surface area contributed by atoms with Crippen LogP contribution in [0, 0.1) is 11.8 Å². The molecule has 0 aliphatic rings. The van der Waals surface area contributed by atoms with Crippen LogP contribution in [0.4, 0.5) is 0 Å². The van der Waals surface area contributed by atoms with Crippen LogP contribution in [0.5, 0.6) is 0 Å². The minimum absolute atomic E-state index is 0.767. The van der Waals surface area contributed by atoms with Crippen molar-refractivity contribution in [2.24, 2.45) is 11.8 Å². The normalized spacial score (nSPS) is 11.7. The number of ether oxygens (including phenoxy) is 1. The average Bonchev–Trinajstić information content (AvgIpc) is 2.36. The van der Waals surface area contributed by atoms with Gasteiger partial charge < -0.3 is 10.1 Å². The van der Waals surface area contributed by atoms with Gasteiger partial charge in [0.15, 0.2) is 0 Å². The van der Waals surface area contributed by atoms with E-state index in [1.165, 1.54) is 45.1 Å². The maximum Gasteiger partial charge on any atom is 0.0494 e. The predicted octanol–water partition coefficient (Wildman–Crippen LogP) is 4.25. The summed E-state index contributed by atoms with van der Waals surface area (Å²) in [4.78, 5) is 0. The van der Waals surface area contributed by atoms with E-state index in [0.29, 0.717) is 0 Å². The molecule has 0 spiro atoms. The molecular weight excluding hydrogens is 222 g/mol. The predicted molar refractivity (Wildman–Crippen MR) is 81.1 cm³/mol. The molecule has 110 valence electrons. The number of nitrogens with one attached hydrogen (secondary N) is 1. The van der Waals surface area contributed by atoms with Crippen LogP contribution in [0.1, 0.15) is 66.2 Å². The van der Waals surface area contributed by atoms with Crippen molar-refractivity contribution < 1.29 is 4.74 Å². The van der Waals surface area contributed by atoms with Gasteiger partial charge >= 0.3 is 0 Å². The summed E-state index contributed by atoms with van der Waals surface area (Å²) >= 11 is 0. The molecule has 2 nitrogen and oxygen atoms in total. The third-order valence-electron chi connectivity index (χ3n) is 3.45. The molecular formula is C16H35NO. The van der Waals surface area contributed by atoms with Crippen molar-refractivity contribution in [1.82, 2.24) is 5.32 Å². The van der Waals surface area contributed by atoms with E-state index in [9.17, 15) is 0 Å². The topological polar surface area (TPSA) is 21.3 Å². The Kier molecular flexibility index (Phi) is 13.3. The Hall–Kier alpha value is -0.0800. The van der Waals surface area contributed by atoms with E-state index in [4.69, 9.17) is 4.74 Å². The summed E-state index contributed by atoms with van der Waals surface area (Å²) in [6.45, 7) is 13.3. The van der Waals surface area contributed by atoms with Gasteiger partial charge in [-0.05, 0) is 37.8 Å². The second kappa shape index (κ2) is 13.4. The summed E-state index contributed by atoms with van der Waals surface area (Å²) < 4.78 is 5.72. The van der Waals surface area contributed by atoms with E-state index >= 15 is 0 Å². The molecule has 0 heterocycles. The monoisotopic (exact) mass is 257 g/mol. The molecule has 0 aromatic heterocycles. The van der Waals surface area contributed by atoms with Crippen molar-refractivity contribution in [3.63, 3.8) is 0 Å². The van der Waals surface area contributed by atoms with Crippen LogP contribution < -0.4 is 5.32 Å². The van der Waals surface area contributed by atoms with Crippen LogP contribution in [0.25, 0.3) is 0 Å². The molecule has 0 radical (unpaired) electrons. The average molecular weight is 257 g/mol. The highest BCUT2D eigenvalue weighted by Gasteiger charge is 2.02. The van der Waals surface area contributed by atoms with Crippen LogP contribution >= 0.6 is 0 Å². The standard InChI is InChI=1S/C16H35NO/c1-5-16(6-2)14-18-12-10-8-7-9-11-17-13-15(3)4/h15-17H,5-14H2,1-4H3. The lowest BCUT2D eigenvalue weighted by molar-refractivity contribution is 0.0932. The van der Waals surface area contributed by atoms with E-state index < -0.39 is 0 Å². The third-order valence-corrected chi connectivity index (χ3v) is 3.45. The van der Waals surface area contributed by atoms with Crippen LogP contribution in [-0.2, 0) is 4.74 Å². The molecule has 0 saturated heterocycles. The zero-order valence-electron chi connectivity index (χ0n) is 13.1. The van der Waals surface area contributed by atoms with Gasteiger partial charge in [0, 0.05) is 13.2 Å². The second-order valence-corrected chi connectivity index (χ2v) is 5.77. The Morgan fingerprint density at radius 2 is 1.61 bits per heavy atom. The summed E-state index contributed by atoms with van der Waals surface area (Å²) in [5.74, 6) is 1.54. The largest absolute Gasteiger partial charge is 0.381 e. The fourth-order valence-corrected chi connectivity index (χ4v) is 1.97. The van der Waals surface area contributed by atoms with Gasteiger partial charge in [-0.15, -0.1) is 0 Å². The first-order valence-electron chi connectivity index (χ1n) is 7.99. The molecule has 0 aliphatic carbocycles. The second-order valence-electron chi connectivity index (χ2n) is 5.77. The molecule has 0 unspecified atom stereocenters. The molecule has 0 aromatic carbocycles. The Morgan fingerprint density at radius 1 is 0.944 bits per heavy atom. The quantitative estimate of drug-likeness (QED) is 0.498. The highest BCUT2D eigenvalue weighted by atomic mass is 16.5. The Labute approximate surface area is 115 Å². The van der Waals surface area contributed by atoms with Crippen LogP contribution in [0.2, 0.25) is 0 Å². The summed E-state index contributed by atoms with van der Waals surface area (Å²) in [5.41, 5.74) is 0. The van der Waals surface area contributed by atoms with Gasteiger partial charge in [-0.1, -0.05) is 53.4 Å². The number of unbranched alkanes of at least 4 members (excludes halogenated alkanes) is 3. The molecule has 0 rings (SSSR count). The SMILES string of the molecule is CCC(CC)COCCCCCCNCC(C)C. The fraction of sp³-hybridized carbons (Fsp3) is 1.00. The van der Waals surface area contributed by atoms with E-state index in [-0.39, 0.29) is 0 Å². The third kappa shape index (κ3) is 12.4. The first-order chi connectivity index (χ1) is 8.70. The van der Waals surface area contributed by atoms with Crippen molar-refractivity contribution >= 4 is 0 Å². The summed E-state index contributed by atoms with van der Waals surface area (Å²) in [6, 6.07) is 0. The highest BCUT2D eigenvalue weighted by Crippen LogP contribution is 2.08.